The van der Waals surface area contributed by atoms with Crippen LogP contribution in [0.15, 0.2) is 24.3 Å². The zero-order valence-electron chi connectivity index (χ0n) is 11.0. The number of hydrogen-bond acceptors (Lipinski definition) is 4. The minimum Gasteiger partial charge on any atom is -0.293 e. The molecule has 0 saturated heterocycles. The zero-order chi connectivity index (χ0) is 14.6. The van der Waals surface area contributed by atoms with Crippen LogP contribution in [0.1, 0.15) is 15.9 Å². The Morgan fingerprint density at radius 1 is 1.21 bits per heavy atom. The molecule has 0 aliphatic heterocycles. The number of hydrogen-bond donors (Lipinski definition) is 0. The maximum Gasteiger partial charge on any atom is 0.281 e. The highest BCUT2D eigenvalue weighted by molar-refractivity contribution is 7.86. The van der Waals surface area contributed by atoms with E-state index in [0.717, 1.165) is 8.61 Å². The van der Waals surface area contributed by atoms with Crippen molar-refractivity contribution < 1.29 is 13.2 Å². The van der Waals surface area contributed by atoms with Gasteiger partial charge in [-0.1, -0.05) is 12.1 Å². The van der Waals surface area contributed by atoms with Gasteiger partial charge >= 0.3 is 0 Å². The number of carbonyl (C=O) groups excluding carboxylic acids is 1. The first kappa shape index (κ1) is 15.3. The first-order valence-electron chi connectivity index (χ1n) is 5.46. The zero-order valence-corrected chi connectivity index (χ0v) is 11.8. The van der Waals surface area contributed by atoms with Crippen molar-refractivity contribution in [3.05, 3.63) is 35.4 Å². The molecule has 6 nitrogen and oxygen atoms in total. The van der Waals surface area contributed by atoms with E-state index in [4.69, 9.17) is 5.26 Å². The van der Waals surface area contributed by atoms with Crippen molar-refractivity contribution in [1.29, 1.82) is 5.26 Å². The number of nitriles is 1. The van der Waals surface area contributed by atoms with Gasteiger partial charge in [0.1, 0.15) is 0 Å². The van der Waals surface area contributed by atoms with Gasteiger partial charge in [0.25, 0.3) is 10.2 Å². The van der Waals surface area contributed by atoms with Gasteiger partial charge in [-0.3, -0.25) is 4.79 Å². The molecule has 1 aromatic rings. The summed E-state index contributed by atoms with van der Waals surface area (Å²) in [5.74, 6) is -0.322. The summed E-state index contributed by atoms with van der Waals surface area (Å²) >= 11 is 0. The number of rotatable bonds is 5. The largest absolute Gasteiger partial charge is 0.293 e. The highest BCUT2D eigenvalue weighted by Gasteiger charge is 2.23. The SMILES string of the molecule is CN(C)S(=O)(=O)N(C)CC(=O)c1ccc(C#N)cc1. The lowest BCUT2D eigenvalue weighted by Crippen LogP contribution is -2.40. The fraction of sp³-hybridized carbons (Fsp3) is 0.333. The molecule has 102 valence electrons. The quantitative estimate of drug-likeness (QED) is 0.735. The fourth-order valence-electron chi connectivity index (χ4n) is 1.38. The van der Waals surface area contributed by atoms with Crippen molar-refractivity contribution in [3.8, 4) is 6.07 Å². The minimum atomic E-state index is -3.60. The number of likely N-dealkylation sites (N-methyl/N-ethyl adjacent to an activating group) is 1. The lowest BCUT2D eigenvalue weighted by Gasteiger charge is -2.20. The van der Waals surface area contributed by atoms with Crippen LogP contribution < -0.4 is 0 Å². The van der Waals surface area contributed by atoms with Crippen molar-refractivity contribution in [1.82, 2.24) is 8.61 Å². The number of ketones is 1. The molecular formula is C12H15N3O3S. The first-order chi connectivity index (χ1) is 8.78. The highest BCUT2D eigenvalue weighted by atomic mass is 32.2. The average Bonchev–Trinajstić information content (AvgIpc) is 2.38. The highest BCUT2D eigenvalue weighted by Crippen LogP contribution is 2.07. The number of benzene rings is 1. The van der Waals surface area contributed by atoms with E-state index in [2.05, 4.69) is 0 Å². The van der Waals surface area contributed by atoms with Crippen molar-refractivity contribution in [2.45, 2.75) is 0 Å². The fourth-order valence-corrected chi connectivity index (χ4v) is 2.22. The Balaban J connectivity index is 2.83. The van der Waals surface area contributed by atoms with Crippen LogP contribution in [0.5, 0.6) is 0 Å². The molecule has 0 amide bonds. The maximum absolute atomic E-state index is 11.9. The smallest absolute Gasteiger partial charge is 0.281 e. The molecular weight excluding hydrogens is 266 g/mol. The van der Waals surface area contributed by atoms with Crippen LogP contribution in [0.3, 0.4) is 0 Å². The summed E-state index contributed by atoms with van der Waals surface area (Å²) in [5.41, 5.74) is 0.825. The van der Waals surface area contributed by atoms with E-state index in [-0.39, 0.29) is 12.3 Å². The first-order valence-corrected chi connectivity index (χ1v) is 6.86. The van der Waals surface area contributed by atoms with Crippen LogP contribution >= 0.6 is 0 Å². The minimum absolute atomic E-state index is 0.244. The third-order valence-electron chi connectivity index (χ3n) is 2.56. The summed E-state index contributed by atoms with van der Waals surface area (Å²) < 4.78 is 25.5. The predicted octanol–water partition coefficient (Wildman–Crippen LogP) is 0.479. The molecule has 7 heteroatoms. The Hall–Kier alpha value is -1.75. The normalized spacial score (nSPS) is 11.6. The van der Waals surface area contributed by atoms with Gasteiger partial charge in [0, 0.05) is 26.7 Å². The van der Waals surface area contributed by atoms with E-state index < -0.39 is 10.2 Å². The van der Waals surface area contributed by atoms with Crippen LogP contribution in [0.2, 0.25) is 0 Å². The standard InChI is InChI=1S/C12H15N3O3S/c1-14(2)19(17,18)15(3)9-12(16)11-6-4-10(8-13)5-7-11/h4-7H,9H2,1-3H3. The van der Waals surface area contributed by atoms with Gasteiger partial charge in [0.05, 0.1) is 18.2 Å². The molecule has 0 N–H and O–H groups in total. The number of carbonyl (C=O) groups is 1. The predicted molar refractivity (Wildman–Crippen MR) is 70.7 cm³/mol. The van der Waals surface area contributed by atoms with Crippen molar-refractivity contribution in [2.75, 3.05) is 27.7 Å². The van der Waals surface area contributed by atoms with Gasteiger partial charge in [-0.2, -0.15) is 22.3 Å². The molecule has 0 radical (unpaired) electrons. The van der Waals surface area contributed by atoms with Gasteiger partial charge in [0.15, 0.2) is 5.78 Å². The van der Waals surface area contributed by atoms with Crippen LogP contribution in [0.25, 0.3) is 0 Å². The van der Waals surface area contributed by atoms with E-state index in [0.29, 0.717) is 11.1 Å². The van der Waals surface area contributed by atoms with Crippen molar-refractivity contribution in [2.24, 2.45) is 0 Å². The molecule has 0 fully saturated rings. The van der Waals surface area contributed by atoms with E-state index >= 15 is 0 Å². The summed E-state index contributed by atoms with van der Waals surface area (Å²) in [4.78, 5) is 11.9. The molecule has 0 atom stereocenters. The molecule has 1 rings (SSSR count). The lowest BCUT2D eigenvalue weighted by molar-refractivity contribution is 0.0971. The Bertz CT molecular complexity index is 600. The molecule has 0 spiro atoms. The van der Waals surface area contributed by atoms with Gasteiger partial charge in [-0.15, -0.1) is 0 Å². The van der Waals surface area contributed by atoms with E-state index in [1.54, 1.807) is 0 Å². The van der Waals surface area contributed by atoms with Gasteiger partial charge in [-0.05, 0) is 12.1 Å². The molecule has 1 aromatic carbocycles. The van der Waals surface area contributed by atoms with E-state index in [1.165, 1.54) is 45.4 Å². The second-order valence-electron chi connectivity index (χ2n) is 4.16. The van der Waals surface area contributed by atoms with Gasteiger partial charge < -0.3 is 0 Å². The van der Waals surface area contributed by atoms with Gasteiger partial charge in [0.2, 0.25) is 0 Å². The third kappa shape index (κ3) is 3.61. The number of nitrogens with zero attached hydrogens (tertiary/aromatic N) is 3. The van der Waals surface area contributed by atoms with Gasteiger partial charge in [-0.25, -0.2) is 0 Å². The summed E-state index contributed by atoms with van der Waals surface area (Å²) in [7, 11) is 0.546. The van der Waals surface area contributed by atoms with Crippen molar-refractivity contribution >= 4 is 16.0 Å². The second kappa shape index (κ2) is 5.93. The van der Waals surface area contributed by atoms with Crippen LogP contribution in [0.4, 0.5) is 0 Å². The molecule has 0 heterocycles. The van der Waals surface area contributed by atoms with Crippen LogP contribution in [0, 0.1) is 11.3 Å². The summed E-state index contributed by atoms with van der Waals surface area (Å²) in [5, 5.41) is 8.65. The Morgan fingerprint density at radius 2 is 1.74 bits per heavy atom. The number of Topliss-reactive ketones (excluding diaryl/α,β-unsaturated/α-hetero) is 1. The maximum atomic E-state index is 11.9. The molecule has 0 aliphatic rings. The summed E-state index contributed by atoms with van der Waals surface area (Å²) in [6.45, 7) is -0.244. The molecule has 0 aliphatic carbocycles. The molecule has 0 bridgehead atoms. The molecule has 0 saturated carbocycles. The molecule has 19 heavy (non-hydrogen) atoms. The Kier molecular flexibility index (Phi) is 4.78. The van der Waals surface area contributed by atoms with E-state index in [9.17, 15) is 13.2 Å². The second-order valence-corrected chi connectivity index (χ2v) is 6.41. The van der Waals surface area contributed by atoms with Crippen molar-refractivity contribution in [3.63, 3.8) is 0 Å². The molecule has 0 aromatic heterocycles. The Labute approximate surface area is 113 Å². The summed E-state index contributed by atoms with van der Waals surface area (Å²) in [6, 6.07) is 8.01. The van der Waals surface area contributed by atoms with Crippen LogP contribution in [-0.2, 0) is 10.2 Å². The topological polar surface area (TPSA) is 81.5 Å². The Morgan fingerprint density at radius 3 is 2.16 bits per heavy atom. The third-order valence-corrected chi connectivity index (χ3v) is 4.40. The monoisotopic (exact) mass is 281 g/mol. The van der Waals surface area contributed by atoms with E-state index in [1.807, 2.05) is 6.07 Å². The molecule has 0 unspecified atom stereocenters. The summed E-state index contributed by atoms with van der Waals surface area (Å²) in [6.07, 6.45) is 0. The lowest BCUT2D eigenvalue weighted by atomic mass is 10.1. The average molecular weight is 281 g/mol. The van der Waals surface area contributed by atoms with Crippen LogP contribution in [-0.4, -0.2) is 50.5 Å².